The fourth-order valence-electron chi connectivity index (χ4n) is 5.05. The number of nitrogens with zero attached hydrogens (tertiary/aromatic N) is 1. The molecule has 11 heteroatoms. The van der Waals surface area contributed by atoms with Gasteiger partial charge in [-0.15, -0.1) is 0 Å². The number of likely N-dealkylation sites (tertiary alicyclic amines) is 1. The SMILES string of the molecule is CCC1CCCCN1C1NC(=O)C2C(NC(=O)CC2C(=O)Nc2cccc(C(F)(F)F)c2)N1. The first-order valence-corrected chi connectivity index (χ1v) is 11.3. The molecule has 3 fully saturated rings. The Morgan fingerprint density at radius 2 is 2.00 bits per heavy atom. The molecule has 4 rings (SSSR count). The summed E-state index contributed by atoms with van der Waals surface area (Å²) in [6, 6.07) is 4.56. The van der Waals surface area contributed by atoms with Gasteiger partial charge in [0.2, 0.25) is 17.7 Å². The number of carbonyl (C=O) groups is 3. The van der Waals surface area contributed by atoms with Crippen LogP contribution in [-0.2, 0) is 20.6 Å². The van der Waals surface area contributed by atoms with E-state index in [2.05, 4.69) is 33.1 Å². The van der Waals surface area contributed by atoms with Gasteiger partial charge in [0.1, 0.15) is 6.29 Å². The number of halogens is 3. The minimum absolute atomic E-state index is 0.0430. The van der Waals surface area contributed by atoms with Crippen molar-refractivity contribution in [2.75, 3.05) is 11.9 Å². The molecule has 5 atom stereocenters. The number of fused-ring (bicyclic) bond motifs is 1. The predicted molar refractivity (Wildman–Crippen MR) is 113 cm³/mol. The third-order valence-corrected chi connectivity index (χ3v) is 6.70. The van der Waals surface area contributed by atoms with E-state index in [1.807, 2.05) is 0 Å². The van der Waals surface area contributed by atoms with Crippen LogP contribution in [0.2, 0.25) is 0 Å². The third kappa shape index (κ3) is 4.98. The molecule has 3 saturated heterocycles. The summed E-state index contributed by atoms with van der Waals surface area (Å²) < 4.78 is 39.0. The molecular weight excluding hydrogens is 439 g/mol. The molecule has 0 aromatic heterocycles. The van der Waals surface area contributed by atoms with Crippen LogP contribution in [-0.4, -0.2) is 47.7 Å². The molecule has 8 nitrogen and oxygen atoms in total. The number of alkyl halides is 3. The second-order valence-electron chi connectivity index (χ2n) is 8.82. The predicted octanol–water partition coefficient (Wildman–Crippen LogP) is 1.99. The largest absolute Gasteiger partial charge is 0.416 e. The van der Waals surface area contributed by atoms with Crippen LogP contribution in [0.3, 0.4) is 0 Å². The van der Waals surface area contributed by atoms with E-state index in [1.165, 1.54) is 12.1 Å². The van der Waals surface area contributed by atoms with Gasteiger partial charge in [-0.1, -0.05) is 19.4 Å². The van der Waals surface area contributed by atoms with Crippen LogP contribution in [0, 0.1) is 11.8 Å². The lowest BCUT2D eigenvalue weighted by Gasteiger charge is -2.49. The topological polar surface area (TPSA) is 103 Å². The molecule has 3 heterocycles. The maximum atomic E-state index is 13.1. The third-order valence-electron chi connectivity index (χ3n) is 6.70. The Kier molecular flexibility index (Phi) is 6.62. The number of hydrogen-bond acceptors (Lipinski definition) is 5. The highest BCUT2D eigenvalue weighted by molar-refractivity contribution is 6.00. The van der Waals surface area contributed by atoms with E-state index >= 15 is 0 Å². The van der Waals surface area contributed by atoms with Crippen molar-refractivity contribution in [2.24, 2.45) is 11.8 Å². The Morgan fingerprint density at radius 3 is 2.73 bits per heavy atom. The Labute approximate surface area is 189 Å². The number of amides is 3. The number of rotatable bonds is 4. The van der Waals surface area contributed by atoms with Gasteiger partial charge in [-0.25, -0.2) is 0 Å². The summed E-state index contributed by atoms with van der Waals surface area (Å²) in [6.07, 6.45) is -1.92. The Morgan fingerprint density at radius 1 is 1.21 bits per heavy atom. The molecule has 1 aromatic carbocycles. The van der Waals surface area contributed by atoms with E-state index < -0.39 is 47.8 Å². The van der Waals surface area contributed by atoms with Gasteiger partial charge in [0.15, 0.2) is 0 Å². The Bertz CT molecular complexity index is 925. The van der Waals surface area contributed by atoms with Crippen LogP contribution in [0.25, 0.3) is 0 Å². The number of anilines is 1. The molecule has 0 aliphatic carbocycles. The van der Waals surface area contributed by atoms with E-state index in [-0.39, 0.29) is 18.0 Å². The van der Waals surface area contributed by atoms with Gasteiger partial charge in [0, 0.05) is 24.7 Å². The van der Waals surface area contributed by atoms with Crippen molar-refractivity contribution < 1.29 is 27.6 Å². The van der Waals surface area contributed by atoms with E-state index in [4.69, 9.17) is 0 Å². The van der Waals surface area contributed by atoms with Crippen LogP contribution in [0.4, 0.5) is 18.9 Å². The van der Waals surface area contributed by atoms with Gasteiger partial charge in [-0.3, -0.25) is 24.6 Å². The van der Waals surface area contributed by atoms with Gasteiger partial charge >= 0.3 is 6.18 Å². The molecule has 5 unspecified atom stereocenters. The number of carbonyl (C=O) groups excluding carboxylic acids is 3. The van der Waals surface area contributed by atoms with Gasteiger partial charge < -0.3 is 16.0 Å². The number of benzene rings is 1. The number of piperidine rings is 2. The summed E-state index contributed by atoms with van der Waals surface area (Å²) in [5.41, 5.74) is -0.940. The fraction of sp³-hybridized carbons (Fsp3) is 0.591. The lowest BCUT2D eigenvalue weighted by Crippen LogP contribution is -2.75. The summed E-state index contributed by atoms with van der Waals surface area (Å²) in [7, 11) is 0. The van der Waals surface area contributed by atoms with E-state index in [0.717, 1.165) is 44.4 Å². The maximum Gasteiger partial charge on any atom is 0.416 e. The average Bonchev–Trinajstić information content (AvgIpc) is 2.77. The van der Waals surface area contributed by atoms with E-state index in [0.29, 0.717) is 6.04 Å². The zero-order chi connectivity index (χ0) is 23.8. The summed E-state index contributed by atoms with van der Waals surface area (Å²) in [4.78, 5) is 40.6. The van der Waals surface area contributed by atoms with Crippen LogP contribution in [0.1, 0.15) is 44.6 Å². The zero-order valence-corrected chi connectivity index (χ0v) is 18.2. The molecule has 3 aliphatic rings. The van der Waals surface area contributed by atoms with Crippen LogP contribution in [0.5, 0.6) is 0 Å². The standard InChI is InChI=1S/C22H28F3N5O3/c1-2-14-8-3-4-9-30(14)21-28-18-17(20(33)29-21)15(11-16(31)27-18)19(32)26-13-7-5-6-12(10-13)22(23,24)25/h5-7,10,14-15,17-18,21,28H,2-4,8-9,11H2,1H3,(H,26,32)(H,27,31)(H,29,33). The molecule has 3 aliphatic heterocycles. The van der Waals surface area contributed by atoms with Gasteiger partial charge in [-0.2, -0.15) is 13.2 Å². The van der Waals surface area contributed by atoms with Crippen molar-refractivity contribution in [1.29, 1.82) is 0 Å². The summed E-state index contributed by atoms with van der Waals surface area (Å²) in [5.74, 6) is -3.33. The lowest BCUT2D eigenvalue weighted by molar-refractivity contribution is -0.148. The lowest BCUT2D eigenvalue weighted by atomic mass is 9.81. The highest BCUT2D eigenvalue weighted by atomic mass is 19.4. The van der Waals surface area contributed by atoms with E-state index in [1.54, 1.807) is 0 Å². The molecule has 3 amide bonds. The van der Waals surface area contributed by atoms with Crippen molar-refractivity contribution in [1.82, 2.24) is 20.9 Å². The summed E-state index contributed by atoms with van der Waals surface area (Å²) >= 11 is 0. The molecular formula is C22H28F3N5O3. The first-order chi connectivity index (χ1) is 15.7. The van der Waals surface area contributed by atoms with Crippen molar-refractivity contribution >= 4 is 23.4 Å². The van der Waals surface area contributed by atoms with Crippen LogP contribution >= 0.6 is 0 Å². The highest BCUT2D eigenvalue weighted by Gasteiger charge is 2.49. The molecule has 4 N–H and O–H groups in total. The average molecular weight is 467 g/mol. The second-order valence-corrected chi connectivity index (χ2v) is 8.82. The van der Waals surface area contributed by atoms with Gasteiger partial charge in [0.25, 0.3) is 0 Å². The zero-order valence-electron chi connectivity index (χ0n) is 18.2. The molecule has 1 aromatic rings. The second kappa shape index (κ2) is 9.30. The minimum Gasteiger partial charge on any atom is -0.340 e. The summed E-state index contributed by atoms with van der Waals surface area (Å²) in [5, 5.41) is 11.4. The smallest absolute Gasteiger partial charge is 0.340 e. The molecule has 0 saturated carbocycles. The Hall–Kier alpha value is -2.66. The van der Waals surface area contributed by atoms with Crippen molar-refractivity contribution in [2.45, 2.75) is 63.7 Å². The van der Waals surface area contributed by atoms with Crippen molar-refractivity contribution in [3.05, 3.63) is 29.8 Å². The normalized spacial score (nSPS) is 30.7. The summed E-state index contributed by atoms with van der Waals surface area (Å²) in [6.45, 7) is 2.90. The van der Waals surface area contributed by atoms with Crippen LogP contribution in [0.15, 0.2) is 24.3 Å². The van der Waals surface area contributed by atoms with Crippen molar-refractivity contribution in [3.8, 4) is 0 Å². The van der Waals surface area contributed by atoms with Gasteiger partial charge in [0.05, 0.1) is 23.6 Å². The first kappa shape index (κ1) is 23.5. The maximum absolute atomic E-state index is 13.1. The van der Waals surface area contributed by atoms with Crippen LogP contribution < -0.4 is 21.3 Å². The molecule has 0 spiro atoms. The molecule has 0 radical (unpaired) electrons. The minimum atomic E-state index is -4.55. The van der Waals surface area contributed by atoms with Gasteiger partial charge in [-0.05, 0) is 37.5 Å². The first-order valence-electron chi connectivity index (χ1n) is 11.3. The quantitative estimate of drug-likeness (QED) is 0.543. The fourth-order valence-corrected chi connectivity index (χ4v) is 5.05. The Balaban J connectivity index is 1.50. The number of hydrogen-bond donors (Lipinski definition) is 4. The monoisotopic (exact) mass is 467 g/mol. The van der Waals surface area contributed by atoms with E-state index in [9.17, 15) is 27.6 Å². The highest BCUT2D eigenvalue weighted by Crippen LogP contribution is 2.32. The molecule has 33 heavy (non-hydrogen) atoms. The molecule has 180 valence electrons. The van der Waals surface area contributed by atoms with Crippen molar-refractivity contribution in [3.63, 3.8) is 0 Å². The number of nitrogens with one attached hydrogen (secondary N) is 4. The molecule has 0 bridgehead atoms.